The Bertz CT molecular complexity index is 1370. The zero-order valence-corrected chi connectivity index (χ0v) is 20.4. The van der Waals surface area contributed by atoms with E-state index in [9.17, 15) is 22.8 Å². The van der Waals surface area contributed by atoms with Gasteiger partial charge in [-0.15, -0.1) is 0 Å². The topological polar surface area (TPSA) is 97.5 Å². The first-order valence-electron chi connectivity index (χ1n) is 12.3. The lowest BCUT2D eigenvalue weighted by molar-refractivity contribution is 0.00698. The molecule has 0 aliphatic carbocycles. The SMILES string of the molecule is CCc1cc2ncc(CN3CCN(c4ccc(C(=O)NN5CCC(F)(F)C5)nc4F)CC3)cc2[nH]c1=O. The fourth-order valence-electron chi connectivity index (χ4n) is 4.74. The van der Waals surface area contributed by atoms with Crippen molar-refractivity contribution in [2.24, 2.45) is 0 Å². The first kappa shape index (κ1) is 25.2. The molecule has 2 aliphatic rings. The van der Waals surface area contributed by atoms with Crippen molar-refractivity contribution in [3.63, 3.8) is 0 Å². The van der Waals surface area contributed by atoms with E-state index >= 15 is 0 Å². The molecule has 0 aromatic carbocycles. The van der Waals surface area contributed by atoms with E-state index in [0.717, 1.165) is 16.1 Å². The molecule has 3 aromatic heterocycles. The normalized spacial score (nSPS) is 18.4. The van der Waals surface area contributed by atoms with Gasteiger partial charge in [0, 0.05) is 57.4 Å². The molecule has 0 atom stereocenters. The summed E-state index contributed by atoms with van der Waals surface area (Å²) in [4.78, 5) is 39.7. The first-order valence-corrected chi connectivity index (χ1v) is 12.3. The number of carbonyl (C=O) groups is 1. The second-order valence-electron chi connectivity index (χ2n) is 9.49. The lowest BCUT2D eigenvalue weighted by Gasteiger charge is -2.36. The Labute approximate surface area is 211 Å². The van der Waals surface area contributed by atoms with Crippen LogP contribution < -0.4 is 15.9 Å². The van der Waals surface area contributed by atoms with E-state index in [2.05, 4.69) is 25.3 Å². The van der Waals surface area contributed by atoms with Crippen molar-refractivity contribution in [1.82, 2.24) is 30.3 Å². The molecule has 2 fully saturated rings. The van der Waals surface area contributed by atoms with Crippen LogP contribution in [-0.2, 0) is 13.0 Å². The average Bonchev–Trinajstić information content (AvgIpc) is 3.22. The highest BCUT2D eigenvalue weighted by molar-refractivity contribution is 5.92. The number of halogens is 3. The van der Waals surface area contributed by atoms with Crippen molar-refractivity contribution >= 4 is 22.6 Å². The summed E-state index contributed by atoms with van der Waals surface area (Å²) in [5, 5.41) is 1.13. The van der Waals surface area contributed by atoms with Crippen molar-refractivity contribution < 1.29 is 18.0 Å². The lowest BCUT2D eigenvalue weighted by atomic mass is 10.1. The first-order chi connectivity index (χ1) is 17.7. The van der Waals surface area contributed by atoms with Crippen LogP contribution in [0.4, 0.5) is 18.9 Å². The molecular weight excluding hydrogens is 487 g/mol. The number of hydrogen-bond acceptors (Lipinski definition) is 7. The van der Waals surface area contributed by atoms with Crippen LogP contribution >= 0.6 is 0 Å². The molecule has 2 N–H and O–H groups in total. The van der Waals surface area contributed by atoms with Crippen LogP contribution in [0.25, 0.3) is 11.0 Å². The Balaban J connectivity index is 1.18. The number of hydrogen-bond donors (Lipinski definition) is 2. The van der Waals surface area contributed by atoms with Gasteiger partial charge in [0.05, 0.1) is 23.3 Å². The molecule has 12 heteroatoms. The largest absolute Gasteiger partial charge is 0.365 e. The molecule has 0 radical (unpaired) electrons. The summed E-state index contributed by atoms with van der Waals surface area (Å²) in [6.07, 6.45) is 2.12. The highest BCUT2D eigenvalue weighted by atomic mass is 19.3. The highest BCUT2D eigenvalue weighted by Crippen LogP contribution is 2.26. The summed E-state index contributed by atoms with van der Waals surface area (Å²) in [6, 6.07) is 6.66. The number of amides is 1. The Hall–Kier alpha value is -3.51. The third-order valence-electron chi connectivity index (χ3n) is 6.82. The zero-order chi connectivity index (χ0) is 26.2. The van der Waals surface area contributed by atoms with Crippen LogP contribution in [0.3, 0.4) is 0 Å². The van der Waals surface area contributed by atoms with Crippen molar-refractivity contribution in [3.8, 4) is 0 Å². The van der Waals surface area contributed by atoms with Gasteiger partial charge in [-0.05, 0) is 36.2 Å². The van der Waals surface area contributed by atoms with Crippen LogP contribution in [0.2, 0.25) is 0 Å². The maximum atomic E-state index is 14.8. The summed E-state index contributed by atoms with van der Waals surface area (Å²) < 4.78 is 41.5. The summed E-state index contributed by atoms with van der Waals surface area (Å²) in [5.41, 5.74) is 5.53. The number of hydrazine groups is 1. The third kappa shape index (κ3) is 5.59. The van der Waals surface area contributed by atoms with E-state index in [4.69, 9.17) is 0 Å². The molecule has 0 saturated carbocycles. The maximum absolute atomic E-state index is 14.8. The quantitative estimate of drug-likeness (QED) is 0.487. The predicted octanol–water partition coefficient (Wildman–Crippen LogP) is 2.33. The Morgan fingerprint density at radius 2 is 1.95 bits per heavy atom. The second kappa shape index (κ2) is 10.1. The molecule has 0 unspecified atom stereocenters. The number of nitrogens with zero attached hydrogens (tertiary/aromatic N) is 5. The zero-order valence-electron chi connectivity index (χ0n) is 20.4. The number of H-pyrrole nitrogens is 1. The Kier molecular flexibility index (Phi) is 6.86. The van der Waals surface area contributed by atoms with E-state index in [0.29, 0.717) is 55.9 Å². The molecule has 0 bridgehead atoms. The standard InChI is InChI=1S/C25H28F3N7O2/c1-2-17-12-19-20(31-23(17)36)11-16(13-29-19)14-33-7-9-34(10-8-33)21-4-3-18(30-22(21)26)24(37)32-35-6-5-25(27,28)15-35/h3-4,11-13H,2,5-10,14-15H2,1H3,(H,31,36)(H,32,37). The highest BCUT2D eigenvalue weighted by Gasteiger charge is 2.39. The summed E-state index contributed by atoms with van der Waals surface area (Å²) in [5.74, 6) is -4.34. The molecule has 3 aromatic rings. The van der Waals surface area contributed by atoms with E-state index in [1.165, 1.54) is 12.1 Å². The van der Waals surface area contributed by atoms with Crippen molar-refractivity contribution in [3.05, 3.63) is 63.6 Å². The minimum atomic E-state index is -2.85. The molecule has 0 spiro atoms. The van der Waals surface area contributed by atoms with Gasteiger partial charge in [0.1, 0.15) is 5.69 Å². The second-order valence-corrected chi connectivity index (χ2v) is 9.49. The van der Waals surface area contributed by atoms with E-state index in [1.54, 1.807) is 0 Å². The van der Waals surface area contributed by atoms with Gasteiger partial charge in [-0.25, -0.2) is 18.8 Å². The van der Waals surface area contributed by atoms with Gasteiger partial charge in [-0.2, -0.15) is 4.39 Å². The van der Waals surface area contributed by atoms with E-state index in [-0.39, 0.29) is 24.2 Å². The number of aryl methyl sites for hydroxylation is 1. The molecule has 37 heavy (non-hydrogen) atoms. The van der Waals surface area contributed by atoms with E-state index < -0.39 is 24.3 Å². The van der Waals surface area contributed by atoms with Crippen LogP contribution in [0.1, 0.15) is 35.0 Å². The molecule has 196 valence electrons. The minimum Gasteiger partial charge on any atom is -0.365 e. The number of pyridine rings is 3. The van der Waals surface area contributed by atoms with Crippen molar-refractivity contribution in [1.29, 1.82) is 0 Å². The molecule has 2 aliphatic heterocycles. The fourth-order valence-corrected chi connectivity index (χ4v) is 4.74. The van der Waals surface area contributed by atoms with Crippen molar-refractivity contribution in [2.75, 3.05) is 44.2 Å². The average molecular weight is 516 g/mol. The Morgan fingerprint density at radius 1 is 1.16 bits per heavy atom. The van der Waals surface area contributed by atoms with Crippen LogP contribution in [0.5, 0.6) is 0 Å². The number of fused-ring (bicyclic) bond motifs is 1. The molecule has 5 heterocycles. The van der Waals surface area contributed by atoms with Crippen LogP contribution in [-0.4, -0.2) is 76.0 Å². The van der Waals surface area contributed by atoms with Crippen LogP contribution in [0.15, 0.2) is 35.3 Å². The number of anilines is 1. The predicted molar refractivity (Wildman–Crippen MR) is 132 cm³/mol. The van der Waals surface area contributed by atoms with E-state index in [1.807, 2.05) is 30.2 Å². The molecule has 2 saturated heterocycles. The third-order valence-corrected chi connectivity index (χ3v) is 6.82. The van der Waals surface area contributed by atoms with Crippen LogP contribution in [0, 0.1) is 5.95 Å². The van der Waals surface area contributed by atoms with Gasteiger partial charge in [0.25, 0.3) is 17.4 Å². The smallest absolute Gasteiger partial charge is 0.284 e. The maximum Gasteiger partial charge on any atom is 0.284 e. The number of carbonyl (C=O) groups excluding carboxylic acids is 1. The lowest BCUT2D eigenvalue weighted by Crippen LogP contribution is -2.46. The Morgan fingerprint density at radius 3 is 2.62 bits per heavy atom. The number of alkyl halides is 2. The number of nitrogens with one attached hydrogen (secondary N) is 2. The molecule has 1 amide bonds. The number of rotatable bonds is 6. The number of aromatic amines is 1. The summed E-state index contributed by atoms with van der Waals surface area (Å²) in [6.45, 7) is 4.49. The van der Waals surface area contributed by atoms with Gasteiger partial charge in [-0.1, -0.05) is 6.92 Å². The van der Waals surface area contributed by atoms with Gasteiger partial charge in [-0.3, -0.25) is 24.9 Å². The fraction of sp³-hybridized carbons (Fsp3) is 0.440. The van der Waals surface area contributed by atoms with Gasteiger partial charge in [0.15, 0.2) is 0 Å². The van der Waals surface area contributed by atoms with Crippen molar-refractivity contribution in [2.45, 2.75) is 32.2 Å². The monoisotopic (exact) mass is 515 g/mol. The van der Waals surface area contributed by atoms with Gasteiger partial charge in [0.2, 0.25) is 5.95 Å². The minimum absolute atomic E-state index is 0.0244. The summed E-state index contributed by atoms with van der Waals surface area (Å²) >= 11 is 0. The molecular formula is C25H28F3N7O2. The van der Waals surface area contributed by atoms with Gasteiger partial charge < -0.3 is 9.88 Å². The molecule has 9 nitrogen and oxygen atoms in total. The molecule has 5 rings (SSSR count). The van der Waals surface area contributed by atoms with Gasteiger partial charge >= 0.3 is 0 Å². The number of piperazine rings is 1. The summed E-state index contributed by atoms with van der Waals surface area (Å²) in [7, 11) is 0. The number of aromatic nitrogens is 3.